The molecule has 10 heteroatoms. The summed E-state index contributed by atoms with van der Waals surface area (Å²) in [4.78, 5) is 9.47. The molecule has 34 heavy (non-hydrogen) atoms. The van der Waals surface area contributed by atoms with E-state index in [1.54, 1.807) is 16.4 Å². The Bertz CT molecular complexity index is 1170. The lowest BCUT2D eigenvalue weighted by molar-refractivity contribution is -0.00512. The van der Waals surface area contributed by atoms with E-state index >= 15 is 0 Å². The lowest BCUT2D eigenvalue weighted by atomic mass is 10.0. The van der Waals surface area contributed by atoms with Crippen LogP contribution in [0.4, 0.5) is 5.82 Å². The van der Waals surface area contributed by atoms with Crippen LogP contribution in [0.5, 0.6) is 0 Å². The van der Waals surface area contributed by atoms with Crippen molar-refractivity contribution in [3.05, 3.63) is 34.9 Å². The summed E-state index contributed by atoms with van der Waals surface area (Å²) in [5, 5.41) is 43.4. The number of rotatable bonds is 8. The van der Waals surface area contributed by atoms with Crippen molar-refractivity contribution >= 4 is 28.7 Å². The van der Waals surface area contributed by atoms with Crippen LogP contribution in [-0.4, -0.2) is 70.9 Å². The molecule has 0 amide bonds. The summed E-state index contributed by atoms with van der Waals surface area (Å²) in [6.07, 6.45) is 0.366. The van der Waals surface area contributed by atoms with Crippen molar-refractivity contribution in [3.8, 4) is 0 Å². The van der Waals surface area contributed by atoms with Crippen LogP contribution in [0.1, 0.15) is 54.8 Å². The van der Waals surface area contributed by atoms with E-state index in [0.29, 0.717) is 34.5 Å². The highest BCUT2D eigenvalue weighted by atomic mass is 32.2. The van der Waals surface area contributed by atoms with Gasteiger partial charge in [-0.25, -0.2) is 14.6 Å². The maximum atomic E-state index is 10.6. The third-order valence-electron chi connectivity index (χ3n) is 6.84. The van der Waals surface area contributed by atoms with Crippen LogP contribution in [0, 0.1) is 19.8 Å². The molecule has 5 rings (SSSR count). The minimum atomic E-state index is -1.04. The molecule has 0 aliphatic heterocycles. The summed E-state index contributed by atoms with van der Waals surface area (Å²) < 4.78 is 1.59. The number of aryl methyl sites for hydroxylation is 2. The van der Waals surface area contributed by atoms with E-state index in [-0.39, 0.29) is 12.6 Å². The van der Waals surface area contributed by atoms with E-state index in [4.69, 9.17) is 9.97 Å². The van der Waals surface area contributed by atoms with E-state index in [1.807, 2.05) is 0 Å². The van der Waals surface area contributed by atoms with Crippen molar-refractivity contribution < 1.29 is 15.3 Å². The lowest BCUT2D eigenvalue weighted by Crippen LogP contribution is -2.30. The zero-order valence-corrected chi connectivity index (χ0v) is 20.5. The molecule has 182 valence electrons. The van der Waals surface area contributed by atoms with Crippen molar-refractivity contribution in [3.63, 3.8) is 0 Å². The second-order valence-corrected chi connectivity index (χ2v) is 10.7. The van der Waals surface area contributed by atoms with E-state index in [2.05, 4.69) is 54.6 Å². The summed E-state index contributed by atoms with van der Waals surface area (Å²) in [5.74, 6) is 1.55. The van der Waals surface area contributed by atoms with Crippen LogP contribution in [-0.2, 0) is 0 Å². The molecule has 2 aromatic heterocycles. The number of hydrogen-bond donors (Lipinski definition) is 4. The maximum absolute atomic E-state index is 10.6. The van der Waals surface area contributed by atoms with Gasteiger partial charge < -0.3 is 20.6 Å². The molecule has 2 fully saturated rings. The van der Waals surface area contributed by atoms with Gasteiger partial charge in [0.25, 0.3) is 0 Å². The standard InChI is InChI=1S/C24H32N6O3S/c1-4-5-34-24-26-22(25-17-10-16(17)14-7-12(2)6-13(3)8-14)19-23(27-24)30(29-28-19)18-9-15(11-31)20(32)21(18)33/h6-8,15-18,20-21,31-33H,4-5,9-11H2,1-3H3,(H,25,26,27)/t15-,16?,17?,18-,20-,21+/m0/s1. The van der Waals surface area contributed by atoms with Gasteiger partial charge in [-0.15, -0.1) is 5.10 Å². The van der Waals surface area contributed by atoms with E-state index in [1.165, 1.54) is 16.7 Å². The molecule has 0 spiro atoms. The number of aliphatic hydroxyl groups excluding tert-OH is 3. The molecule has 6 atom stereocenters. The van der Waals surface area contributed by atoms with Crippen LogP contribution >= 0.6 is 11.8 Å². The summed E-state index contributed by atoms with van der Waals surface area (Å²) in [6.45, 7) is 6.17. The number of fused-ring (bicyclic) bond motifs is 1. The van der Waals surface area contributed by atoms with Gasteiger partial charge in [0.05, 0.1) is 12.1 Å². The first-order chi connectivity index (χ1) is 16.4. The van der Waals surface area contributed by atoms with Crippen LogP contribution in [0.15, 0.2) is 23.4 Å². The van der Waals surface area contributed by atoms with Crippen molar-refractivity contribution in [2.45, 2.75) is 75.4 Å². The minimum Gasteiger partial charge on any atom is -0.396 e. The molecule has 4 N–H and O–H groups in total. The Labute approximate surface area is 203 Å². The molecule has 0 radical (unpaired) electrons. The smallest absolute Gasteiger partial charge is 0.191 e. The van der Waals surface area contributed by atoms with Gasteiger partial charge in [-0.05, 0) is 38.7 Å². The van der Waals surface area contributed by atoms with Crippen LogP contribution in [0.3, 0.4) is 0 Å². The molecular formula is C24H32N6O3S. The van der Waals surface area contributed by atoms with Crippen LogP contribution < -0.4 is 5.32 Å². The molecule has 0 bridgehead atoms. The maximum Gasteiger partial charge on any atom is 0.191 e. The zero-order valence-electron chi connectivity index (χ0n) is 19.7. The van der Waals surface area contributed by atoms with Crippen molar-refractivity contribution in [2.75, 3.05) is 17.7 Å². The monoisotopic (exact) mass is 484 g/mol. The Kier molecular flexibility index (Phi) is 6.49. The SMILES string of the molecule is CCCSc1nc(NC2CC2c2cc(C)cc(C)c2)c2nnn([C@H]3C[C@@H](CO)[C@H](O)[C@@H]3O)c2n1. The average molecular weight is 485 g/mol. The fourth-order valence-corrected chi connectivity index (χ4v) is 5.73. The summed E-state index contributed by atoms with van der Waals surface area (Å²) in [6, 6.07) is 6.43. The Balaban J connectivity index is 1.46. The molecule has 2 saturated carbocycles. The quantitative estimate of drug-likeness (QED) is 0.282. The predicted molar refractivity (Wildman–Crippen MR) is 131 cm³/mol. The second-order valence-electron chi connectivity index (χ2n) is 9.65. The summed E-state index contributed by atoms with van der Waals surface area (Å²) in [5.41, 5.74) is 4.97. The Morgan fingerprint density at radius 2 is 1.85 bits per heavy atom. The van der Waals surface area contributed by atoms with Gasteiger partial charge in [0.15, 0.2) is 22.1 Å². The van der Waals surface area contributed by atoms with Gasteiger partial charge >= 0.3 is 0 Å². The third-order valence-corrected chi connectivity index (χ3v) is 7.90. The molecule has 2 aliphatic carbocycles. The van der Waals surface area contributed by atoms with Gasteiger partial charge in [-0.3, -0.25) is 0 Å². The molecule has 2 aliphatic rings. The Hall–Kier alpha value is -2.27. The fraction of sp³-hybridized carbons (Fsp3) is 0.583. The molecule has 2 heterocycles. The minimum absolute atomic E-state index is 0.192. The lowest BCUT2D eigenvalue weighted by Gasteiger charge is -2.17. The summed E-state index contributed by atoms with van der Waals surface area (Å²) in [7, 11) is 0. The van der Waals surface area contributed by atoms with E-state index in [9.17, 15) is 15.3 Å². The first-order valence-electron chi connectivity index (χ1n) is 12.0. The molecule has 0 saturated heterocycles. The van der Waals surface area contributed by atoms with Gasteiger partial charge in [0.1, 0.15) is 6.10 Å². The normalized spacial score (nSPS) is 28.5. The molecule has 9 nitrogen and oxygen atoms in total. The van der Waals surface area contributed by atoms with Gasteiger partial charge in [0.2, 0.25) is 0 Å². The molecule has 2 unspecified atom stereocenters. The zero-order chi connectivity index (χ0) is 24.0. The topological polar surface area (TPSA) is 129 Å². The van der Waals surface area contributed by atoms with Gasteiger partial charge in [-0.1, -0.05) is 53.2 Å². The Morgan fingerprint density at radius 1 is 1.09 bits per heavy atom. The van der Waals surface area contributed by atoms with Crippen molar-refractivity contribution in [1.82, 2.24) is 25.0 Å². The number of anilines is 1. The second kappa shape index (κ2) is 9.41. The number of benzene rings is 1. The van der Waals surface area contributed by atoms with Crippen molar-refractivity contribution in [2.24, 2.45) is 5.92 Å². The summed E-state index contributed by atoms with van der Waals surface area (Å²) >= 11 is 1.58. The first kappa shape index (κ1) is 23.5. The number of aliphatic hydroxyl groups is 3. The number of aromatic nitrogens is 5. The Morgan fingerprint density at radius 3 is 2.53 bits per heavy atom. The number of nitrogens with one attached hydrogen (secondary N) is 1. The number of hydrogen-bond acceptors (Lipinski definition) is 9. The highest BCUT2D eigenvalue weighted by Crippen LogP contribution is 2.44. The van der Waals surface area contributed by atoms with Crippen molar-refractivity contribution in [1.29, 1.82) is 0 Å². The van der Waals surface area contributed by atoms with Crippen LogP contribution in [0.25, 0.3) is 11.2 Å². The molecular weight excluding hydrogens is 452 g/mol. The predicted octanol–water partition coefficient (Wildman–Crippen LogP) is 2.58. The highest BCUT2D eigenvalue weighted by Gasteiger charge is 2.44. The van der Waals surface area contributed by atoms with E-state index in [0.717, 1.165) is 18.6 Å². The number of nitrogens with zero attached hydrogens (tertiary/aromatic N) is 5. The average Bonchev–Trinajstić information content (AvgIpc) is 3.35. The van der Waals surface area contributed by atoms with E-state index < -0.39 is 24.2 Å². The van der Waals surface area contributed by atoms with Crippen LogP contribution in [0.2, 0.25) is 0 Å². The number of thioether (sulfide) groups is 1. The first-order valence-corrected chi connectivity index (χ1v) is 13.0. The largest absolute Gasteiger partial charge is 0.396 e. The van der Waals surface area contributed by atoms with Gasteiger partial charge in [-0.2, -0.15) is 0 Å². The highest BCUT2D eigenvalue weighted by molar-refractivity contribution is 7.99. The third kappa shape index (κ3) is 4.39. The fourth-order valence-electron chi connectivity index (χ4n) is 5.04. The molecule has 1 aromatic carbocycles. The molecule has 3 aromatic rings. The van der Waals surface area contributed by atoms with Gasteiger partial charge in [0, 0.05) is 30.2 Å².